The lowest BCUT2D eigenvalue weighted by Gasteiger charge is -2.21. The van der Waals surface area contributed by atoms with Crippen LogP contribution in [0.2, 0.25) is 0 Å². The normalized spacial score (nSPS) is 13.6. The predicted octanol–water partition coefficient (Wildman–Crippen LogP) is 1.41. The quantitative estimate of drug-likeness (QED) is 0.678. The fourth-order valence-electron chi connectivity index (χ4n) is 3.22. The lowest BCUT2D eigenvalue weighted by molar-refractivity contribution is -0.118. The van der Waals surface area contributed by atoms with Gasteiger partial charge in [0.1, 0.15) is 10.6 Å². The number of amides is 1. The van der Waals surface area contributed by atoms with Gasteiger partial charge in [0.05, 0.1) is 13.2 Å². The second-order valence-electron chi connectivity index (χ2n) is 6.58. The molecule has 9 heteroatoms. The fourth-order valence-corrected chi connectivity index (χ4v) is 4.41. The van der Waals surface area contributed by atoms with Crippen LogP contribution in [0.15, 0.2) is 41.4 Å². The zero-order chi connectivity index (χ0) is 20.5. The Hall–Kier alpha value is -2.65. The molecule has 0 atom stereocenters. The van der Waals surface area contributed by atoms with Crippen molar-refractivity contribution in [3.8, 4) is 0 Å². The molecule has 0 unspecified atom stereocenters. The van der Waals surface area contributed by atoms with E-state index in [0.29, 0.717) is 6.54 Å². The van der Waals surface area contributed by atoms with Gasteiger partial charge in [0, 0.05) is 32.5 Å². The first-order chi connectivity index (χ1) is 13.3. The molecule has 0 fully saturated rings. The highest BCUT2D eigenvalue weighted by molar-refractivity contribution is 7.89. The average molecular weight is 405 g/mol. The molecule has 0 saturated heterocycles. The van der Waals surface area contributed by atoms with Gasteiger partial charge in [-0.05, 0) is 31.0 Å². The van der Waals surface area contributed by atoms with E-state index in [4.69, 9.17) is 4.74 Å². The van der Waals surface area contributed by atoms with E-state index in [2.05, 4.69) is 0 Å². The minimum atomic E-state index is -3.93. The monoisotopic (exact) mass is 405 g/mol. The molecule has 0 radical (unpaired) electrons. The molecule has 150 valence electrons. The van der Waals surface area contributed by atoms with Crippen molar-refractivity contribution in [3.63, 3.8) is 0 Å². The van der Waals surface area contributed by atoms with Gasteiger partial charge in [0.2, 0.25) is 15.9 Å². The number of ether oxygens (including phenoxy) is 1. The Kier molecular flexibility index (Phi) is 5.57. The number of rotatable bonds is 6. The van der Waals surface area contributed by atoms with Crippen LogP contribution in [0.5, 0.6) is 0 Å². The zero-order valence-corrected chi connectivity index (χ0v) is 16.9. The molecule has 2 aromatic rings. The number of aromatic nitrogens is 1. The van der Waals surface area contributed by atoms with Crippen LogP contribution in [0.4, 0.5) is 5.69 Å². The number of carbonyl (C=O) groups is 2. The largest absolute Gasteiger partial charge is 0.461 e. The molecule has 3 rings (SSSR count). The second-order valence-corrected chi connectivity index (χ2v) is 8.62. The van der Waals surface area contributed by atoms with E-state index in [1.165, 1.54) is 23.9 Å². The van der Waals surface area contributed by atoms with Gasteiger partial charge >= 0.3 is 5.97 Å². The molecule has 1 aromatic carbocycles. The van der Waals surface area contributed by atoms with Crippen LogP contribution < -0.4 is 4.90 Å². The first-order valence-corrected chi connectivity index (χ1v) is 10.4. The number of para-hydroxylation sites is 1. The number of benzene rings is 1. The molecular formula is C19H23N3O5S. The van der Waals surface area contributed by atoms with E-state index in [1.54, 1.807) is 18.9 Å². The third-order valence-electron chi connectivity index (χ3n) is 4.72. The van der Waals surface area contributed by atoms with E-state index < -0.39 is 16.0 Å². The summed E-state index contributed by atoms with van der Waals surface area (Å²) in [6.07, 6.45) is 2.09. The molecule has 1 amide bonds. The Morgan fingerprint density at radius 1 is 1.25 bits per heavy atom. The summed E-state index contributed by atoms with van der Waals surface area (Å²) < 4.78 is 33.1. The van der Waals surface area contributed by atoms with Gasteiger partial charge in [-0.1, -0.05) is 18.2 Å². The highest BCUT2D eigenvalue weighted by Crippen LogP contribution is 2.28. The van der Waals surface area contributed by atoms with Crippen molar-refractivity contribution >= 4 is 27.6 Å². The summed E-state index contributed by atoms with van der Waals surface area (Å²) >= 11 is 0. The molecule has 8 nitrogen and oxygen atoms in total. The van der Waals surface area contributed by atoms with Gasteiger partial charge in [0.25, 0.3) is 0 Å². The highest BCUT2D eigenvalue weighted by atomic mass is 32.2. The Balaban J connectivity index is 1.77. The Morgan fingerprint density at radius 2 is 1.96 bits per heavy atom. The number of carbonyl (C=O) groups excluding carboxylic acids is 2. The van der Waals surface area contributed by atoms with E-state index in [-0.39, 0.29) is 29.6 Å². The molecule has 1 aromatic heterocycles. The van der Waals surface area contributed by atoms with Crippen molar-refractivity contribution in [1.29, 1.82) is 0 Å². The lowest BCUT2D eigenvalue weighted by atomic mass is 10.2. The zero-order valence-electron chi connectivity index (χ0n) is 16.1. The van der Waals surface area contributed by atoms with Crippen LogP contribution in [-0.2, 0) is 33.0 Å². The van der Waals surface area contributed by atoms with E-state index in [9.17, 15) is 18.0 Å². The Bertz CT molecular complexity index is 1010. The summed E-state index contributed by atoms with van der Waals surface area (Å²) in [5, 5.41) is 0. The number of esters is 1. The maximum absolute atomic E-state index is 12.9. The van der Waals surface area contributed by atoms with E-state index >= 15 is 0 Å². The first-order valence-electron chi connectivity index (χ1n) is 8.93. The van der Waals surface area contributed by atoms with Crippen LogP contribution in [-0.4, -0.2) is 55.9 Å². The second kappa shape index (κ2) is 7.76. The molecule has 0 bridgehead atoms. The molecule has 0 aliphatic carbocycles. The number of anilines is 1. The topological polar surface area (TPSA) is 88.9 Å². The maximum Gasteiger partial charge on any atom is 0.354 e. The number of hydrogen-bond acceptors (Lipinski definition) is 5. The summed E-state index contributed by atoms with van der Waals surface area (Å²) in [6, 6.07) is 8.85. The number of fused-ring (bicyclic) bond motifs is 1. The third-order valence-corrected chi connectivity index (χ3v) is 6.49. The summed E-state index contributed by atoms with van der Waals surface area (Å²) in [4.78, 5) is 26.2. The van der Waals surface area contributed by atoms with Crippen LogP contribution >= 0.6 is 0 Å². The van der Waals surface area contributed by atoms with Crippen LogP contribution in [0.3, 0.4) is 0 Å². The highest BCUT2D eigenvalue weighted by Gasteiger charge is 2.30. The summed E-state index contributed by atoms with van der Waals surface area (Å²) in [5.74, 6) is -0.892. The van der Waals surface area contributed by atoms with Gasteiger partial charge in [-0.2, -0.15) is 4.31 Å². The SMILES string of the molecule is CCOC(=O)c1cc(S(=O)(=O)N(C)CC(=O)N2CCc3ccccc32)cn1C. The number of nitrogens with zero attached hydrogens (tertiary/aromatic N) is 3. The van der Waals surface area contributed by atoms with Gasteiger partial charge in [0.15, 0.2) is 0 Å². The van der Waals surface area contributed by atoms with Crippen molar-refractivity contribution in [3.05, 3.63) is 47.8 Å². The molecule has 0 N–H and O–H groups in total. The molecule has 2 heterocycles. The lowest BCUT2D eigenvalue weighted by Crippen LogP contribution is -2.40. The molecule has 1 aliphatic heterocycles. The minimum Gasteiger partial charge on any atom is -0.461 e. The molecule has 0 saturated carbocycles. The fraction of sp³-hybridized carbons (Fsp3) is 0.368. The Morgan fingerprint density at radius 3 is 2.68 bits per heavy atom. The molecular weight excluding hydrogens is 382 g/mol. The molecule has 28 heavy (non-hydrogen) atoms. The minimum absolute atomic E-state index is 0.0600. The van der Waals surface area contributed by atoms with E-state index in [1.807, 2.05) is 24.3 Å². The van der Waals surface area contributed by atoms with Crippen molar-refractivity contribution in [2.24, 2.45) is 7.05 Å². The smallest absolute Gasteiger partial charge is 0.354 e. The van der Waals surface area contributed by atoms with Gasteiger partial charge < -0.3 is 14.2 Å². The average Bonchev–Trinajstić information content (AvgIpc) is 3.25. The van der Waals surface area contributed by atoms with Gasteiger partial charge in [-0.3, -0.25) is 4.79 Å². The predicted molar refractivity (Wildman–Crippen MR) is 104 cm³/mol. The molecule has 1 aliphatic rings. The van der Waals surface area contributed by atoms with Crippen LogP contribution in [0.25, 0.3) is 0 Å². The van der Waals surface area contributed by atoms with Gasteiger partial charge in [-0.25, -0.2) is 13.2 Å². The standard InChI is InChI=1S/C19H23N3O5S/c1-4-27-19(24)17-11-15(12-20(17)2)28(25,26)21(3)13-18(23)22-10-9-14-7-5-6-8-16(14)22/h5-8,11-12H,4,9-10,13H2,1-3H3. The van der Waals surface area contributed by atoms with Crippen molar-refractivity contribution in [2.45, 2.75) is 18.2 Å². The maximum atomic E-state index is 12.9. The number of sulfonamides is 1. The summed E-state index contributed by atoms with van der Waals surface area (Å²) in [5.41, 5.74) is 2.03. The number of likely N-dealkylation sites (N-methyl/N-ethyl adjacent to an activating group) is 1. The van der Waals surface area contributed by atoms with Crippen LogP contribution in [0.1, 0.15) is 23.0 Å². The number of aryl methyl sites for hydroxylation is 1. The van der Waals surface area contributed by atoms with Crippen LogP contribution in [0, 0.1) is 0 Å². The van der Waals surface area contributed by atoms with E-state index in [0.717, 1.165) is 22.0 Å². The Labute approximate surface area is 164 Å². The van der Waals surface area contributed by atoms with Crippen molar-refractivity contribution in [1.82, 2.24) is 8.87 Å². The first kappa shape index (κ1) is 20.1. The summed E-state index contributed by atoms with van der Waals surface area (Å²) in [7, 11) is -1.01. The van der Waals surface area contributed by atoms with Crippen molar-refractivity contribution < 1.29 is 22.7 Å². The third kappa shape index (κ3) is 3.67. The molecule has 0 spiro atoms. The number of hydrogen-bond donors (Lipinski definition) is 0. The van der Waals surface area contributed by atoms with Gasteiger partial charge in [-0.15, -0.1) is 0 Å². The van der Waals surface area contributed by atoms with Crippen molar-refractivity contribution in [2.75, 3.05) is 31.6 Å². The summed E-state index contributed by atoms with van der Waals surface area (Å²) in [6.45, 7) is 2.11.